The van der Waals surface area contributed by atoms with Crippen molar-refractivity contribution in [3.05, 3.63) is 6.20 Å². The molecular weight excluding hydrogens is 290 g/mol. The van der Waals surface area contributed by atoms with Gasteiger partial charge in [-0.25, -0.2) is 18.1 Å². The van der Waals surface area contributed by atoms with E-state index in [1.54, 1.807) is 0 Å². The van der Waals surface area contributed by atoms with Crippen LogP contribution in [0.4, 0.5) is 5.13 Å². The minimum Gasteiger partial charge on any atom is -0.377 e. The first-order chi connectivity index (χ1) is 8.97. The van der Waals surface area contributed by atoms with Gasteiger partial charge in [0.2, 0.25) is 5.91 Å². The van der Waals surface area contributed by atoms with E-state index < -0.39 is 10.0 Å². The Morgan fingerprint density at radius 2 is 2.42 bits per heavy atom. The Hall–Kier alpha value is -1.03. The fourth-order valence-electron chi connectivity index (χ4n) is 1.67. The summed E-state index contributed by atoms with van der Waals surface area (Å²) in [6, 6.07) is 0. The number of amides is 1. The van der Waals surface area contributed by atoms with Crippen LogP contribution in [0.1, 0.15) is 19.8 Å². The van der Waals surface area contributed by atoms with Crippen LogP contribution in [0, 0.1) is 0 Å². The molecule has 1 aromatic rings. The van der Waals surface area contributed by atoms with E-state index in [0.717, 1.165) is 24.2 Å². The topological polar surface area (TPSA) is 97.4 Å². The van der Waals surface area contributed by atoms with E-state index in [9.17, 15) is 13.2 Å². The number of hydrogen-bond donors (Lipinski definition) is 2. The van der Waals surface area contributed by atoms with Crippen LogP contribution in [0.25, 0.3) is 0 Å². The van der Waals surface area contributed by atoms with Gasteiger partial charge in [-0.15, -0.1) is 0 Å². The molecule has 1 fully saturated rings. The molecule has 19 heavy (non-hydrogen) atoms. The van der Waals surface area contributed by atoms with Gasteiger partial charge in [0.05, 0.1) is 12.3 Å². The second-order valence-electron chi connectivity index (χ2n) is 4.15. The Morgan fingerprint density at radius 3 is 3.05 bits per heavy atom. The van der Waals surface area contributed by atoms with E-state index in [4.69, 9.17) is 4.74 Å². The van der Waals surface area contributed by atoms with Crippen molar-refractivity contribution in [1.29, 1.82) is 0 Å². The number of aromatic nitrogens is 1. The smallest absolute Gasteiger partial charge is 0.251 e. The summed E-state index contributed by atoms with van der Waals surface area (Å²) in [6.45, 7) is 2.28. The molecule has 0 bridgehead atoms. The van der Waals surface area contributed by atoms with Crippen LogP contribution in [-0.2, 0) is 19.6 Å². The maximum absolute atomic E-state index is 12.0. The van der Waals surface area contributed by atoms with E-state index in [0.29, 0.717) is 6.61 Å². The number of nitrogens with zero attached hydrogens (tertiary/aromatic N) is 1. The molecular formula is C10H15N3O4S2. The second-order valence-corrected chi connectivity index (χ2v) is 7.18. The van der Waals surface area contributed by atoms with E-state index in [1.165, 1.54) is 13.1 Å². The van der Waals surface area contributed by atoms with Gasteiger partial charge in [-0.3, -0.25) is 4.79 Å². The summed E-state index contributed by atoms with van der Waals surface area (Å²) < 4.78 is 31.9. The molecule has 9 heteroatoms. The van der Waals surface area contributed by atoms with Crippen molar-refractivity contribution < 1.29 is 17.9 Å². The van der Waals surface area contributed by atoms with Gasteiger partial charge in [-0.05, 0) is 12.8 Å². The third kappa shape index (κ3) is 3.96. The van der Waals surface area contributed by atoms with Crippen molar-refractivity contribution in [1.82, 2.24) is 9.71 Å². The molecule has 2 heterocycles. The summed E-state index contributed by atoms with van der Waals surface area (Å²) in [4.78, 5) is 14.7. The molecule has 1 saturated heterocycles. The zero-order chi connectivity index (χ0) is 13.9. The minimum atomic E-state index is -3.59. The van der Waals surface area contributed by atoms with Crippen LogP contribution in [0.2, 0.25) is 0 Å². The second kappa shape index (κ2) is 5.95. The highest BCUT2D eigenvalue weighted by molar-refractivity contribution is 7.91. The van der Waals surface area contributed by atoms with Crippen LogP contribution in [0.15, 0.2) is 10.4 Å². The van der Waals surface area contributed by atoms with Crippen LogP contribution < -0.4 is 10.0 Å². The lowest BCUT2D eigenvalue weighted by atomic mass is 10.2. The number of carbonyl (C=O) groups is 1. The molecule has 7 nitrogen and oxygen atoms in total. The van der Waals surface area contributed by atoms with Crippen LogP contribution in [-0.4, -0.2) is 38.6 Å². The predicted molar refractivity (Wildman–Crippen MR) is 70.6 cm³/mol. The lowest BCUT2D eigenvalue weighted by Crippen LogP contribution is -2.31. The van der Waals surface area contributed by atoms with E-state index in [-0.39, 0.29) is 27.9 Å². The maximum Gasteiger partial charge on any atom is 0.251 e. The molecule has 1 aliphatic rings. The molecule has 0 aromatic carbocycles. The van der Waals surface area contributed by atoms with Gasteiger partial charge in [0.25, 0.3) is 10.0 Å². The Bertz CT molecular complexity index is 549. The number of hydrogen-bond acceptors (Lipinski definition) is 6. The molecule has 0 saturated carbocycles. The molecule has 1 atom stereocenters. The first kappa shape index (κ1) is 14.4. The molecule has 0 spiro atoms. The van der Waals surface area contributed by atoms with E-state index >= 15 is 0 Å². The molecule has 2 rings (SSSR count). The molecule has 106 valence electrons. The molecule has 1 amide bonds. The van der Waals surface area contributed by atoms with Gasteiger partial charge in [-0.2, -0.15) is 0 Å². The summed E-state index contributed by atoms with van der Waals surface area (Å²) in [7, 11) is -3.59. The van der Waals surface area contributed by atoms with Crippen molar-refractivity contribution >= 4 is 32.4 Å². The SMILES string of the molecule is CC(=O)Nc1ncc(S(=O)(=O)NC[C@H]2CCCO2)s1. The summed E-state index contributed by atoms with van der Waals surface area (Å²) in [5.74, 6) is -0.286. The largest absolute Gasteiger partial charge is 0.377 e. The van der Waals surface area contributed by atoms with Crippen molar-refractivity contribution in [3.8, 4) is 0 Å². The van der Waals surface area contributed by atoms with Gasteiger partial charge < -0.3 is 10.1 Å². The highest BCUT2D eigenvalue weighted by atomic mass is 32.2. The Morgan fingerprint density at radius 1 is 1.63 bits per heavy atom. The highest BCUT2D eigenvalue weighted by Gasteiger charge is 2.22. The monoisotopic (exact) mass is 305 g/mol. The highest BCUT2D eigenvalue weighted by Crippen LogP contribution is 2.22. The average molecular weight is 305 g/mol. The molecule has 0 unspecified atom stereocenters. The summed E-state index contributed by atoms with van der Waals surface area (Å²) >= 11 is 0.916. The third-order valence-corrected chi connectivity index (χ3v) is 5.35. The van der Waals surface area contributed by atoms with Crippen LogP contribution in [0.5, 0.6) is 0 Å². The number of rotatable bonds is 5. The quantitative estimate of drug-likeness (QED) is 0.828. The Kier molecular flexibility index (Phi) is 4.50. The van der Waals surface area contributed by atoms with Crippen molar-refractivity contribution in [2.45, 2.75) is 30.1 Å². The summed E-state index contributed by atoms with van der Waals surface area (Å²) in [5.41, 5.74) is 0. The first-order valence-corrected chi connectivity index (χ1v) is 8.12. The number of ether oxygens (including phenoxy) is 1. The lowest BCUT2D eigenvalue weighted by molar-refractivity contribution is -0.114. The number of nitrogens with one attached hydrogen (secondary N) is 2. The van der Waals surface area contributed by atoms with Gasteiger partial charge in [0.1, 0.15) is 0 Å². The van der Waals surface area contributed by atoms with Gasteiger partial charge in [0, 0.05) is 20.1 Å². The van der Waals surface area contributed by atoms with Gasteiger partial charge in [0.15, 0.2) is 9.34 Å². The summed E-state index contributed by atoms with van der Waals surface area (Å²) in [5, 5.41) is 2.71. The van der Waals surface area contributed by atoms with Crippen molar-refractivity contribution in [3.63, 3.8) is 0 Å². The number of thiazole rings is 1. The first-order valence-electron chi connectivity index (χ1n) is 5.82. The number of carbonyl (C=O) groups excluding carboxylic acids is 1. The fourth-order valence-corrected chi connectivity index (χ4v) is 3.86. The van der Waals surface area contributed by atoms with Gasteiger partial charge in [-0.1, -0.05) is 11.3 Å². The zero-order valence-corrected chi connectivity index (χ0v) is 12.0. The maximum atomic E-state index is 12.0. The molecule has 1 aliphatic heterocycles. The molecule has 2 N–H and O–H groups in total. The lowest BCUT2D eigenvalue weighted by Gasteiger charge is -2.09. The predicted octanol–water partition coefficient (Wildman–Crippen LogP) is 0.559. The van der Waals surface area contributed by atoms with Crippen LogP contribution >= 0.6 is 11.3 Å². The molecule has 1 aromatic heterocycles. The zero-order valence-electron chi connectivity index (χ0n) is 10.4. The van der Waals surface area contributed by atoms with Crippen molar-refractivity contribution in [2.75, 3.05) is 18.5 Å². The fraction of sp³-hybridized carbons (Fsp3) is 0.600. The average Bonchev–Trinajstić information content (AvgIpc) is 2.96. The van der Waals surface area contributed by atoms with Crippen molar-refractivity contribution in [2.24, 2.45) is 0 Å². The Balaban J connectivity index is 1.98. The molecule has 0 aliphatic carbocycles. The van der Waals surface area contributed by atoms with Crippen LogP contribution in [0.3, 0.4) is 0 Å². The normalized spacial score (nSPS) is 19.5. The standard InChI is InChI=1S/C10H15N3O4S2/c1-7(14)13-10-11-6-9(18-10)19(15,16)12-5-8-3-2-4-17-8/h6,8,12H,2-5H2,1H3,(H,11,13,14)/t8-/m1/s1. The minimum absolute atomic E-state index is 0.0579. The third-order valence-electron chi connectivity index (χ3n) is 2.56. The van der Waals surface area contributed by atoms with E-state index in [2.05, 4.69) is 15.0 Å². The number of sulfonamides is 1. The Labute approximate surface area is 115 Å². The van der Waals surface area contributed by atoms with Gasteiger partial charge >= 0.3 is 0 Å². The van der Waals surface area contributed by atoms with E-state index in [1.807, 2.05) is 0 Å². The summed E-state index contributed by atoms with van der Waals surface area (Å²) in [6.07, 6.45) is 2.99. The molecule has 0 radical (unpaired) electrons. The number of anilines is 1.